The molecule has 1 N–H and O–H groups in total. The topological polar surface area (TPSA) is 21.3 Å². The highest BCUT2D eigenvalue weighted by Gasteiger charge is 2.15. The van der Waals surface area contributed by atoms with Crippen molar-refractivity contribution in [3.63, 3.8) is 0 Å². The molecule has 14 heavy (non-hydrogen) atoms. The summed E-state index contributed by atoms with van der Waals surface area (Å²) in [6.45, 7) is 13.0. The highest BCUT2D eigenvalue weighted by Crippen LogP contribution is 2.19. The van der Waals surface area contributed by atoms with Crippen LogP contribution in [0, 0.1) is 11.3 Å². The van der Waals surface area contributed by atoms with Gasteiger partial charge in [-0.15, -0.1) is 0 Å². The molecule has 0 radical (unpaired) electrons. The maximum absolute atomic E-state index is 5.86. The van der Waals surface area contributed by atoms with E-state index in [1.165, 1.54) is 0 Å². The Kier molecular flexibility index (Phi) is 6.38. The van der Waals surface area contributed by atoms with Crippen molar-refractivity contribution in [1.29, 1.82) is 0 Å². The Balaban J connectivity index is 3.72. The molecule has 0 amide bonds. The summed E-state index contributed by atoms with van der Waals surface area (Å²) in [4.78, 5) is 0. The maximum Gasteiger partial charge on any atom is 0.0722 e. The molecule has 0 aliphatic heterocycles. The molecule has 1 unspecified atom stereocenters. The van der Waals surface area contributed by atoms with Crippen LogP contribution in [0.5, 0.6) is 0 Å². The summed E-state index contributed by atoms with van der Waals surface area (Å²) in [5, 5.41) is 3.17. The van der Waals surface area contributed by atoms with Crippen LogP contribution in [0.2, 0.25) is 0 Å². The fourth-order valence-electron chi connectivity index (χ4n) is 1.20. The van der Waals surface area contributed by atoms with Gasteiger partial charge in [-0.05, 0) is 24.8 Å². The Morgan fingerprint density at radius 2 is 1.79 bits per heavy atom. The molecule has 0 aromatic carbocycles. The van der Waals surface area contributed by atoms with E-state index in [-0.39, 0.29) is 0 Å². The molecule has 0 spiro atoms. The third-order valence-electron chi connectivity index (χ3n) is 2.33. The van der Waals surface area contributed by atoms with Gasteiger partial charge in [0.1, 0.15) is 0 Å². The minimum absolute atomic E-state index is 0.349. The number of hydrogen-bond donors (Lipinski definition) is 1. The minimum atomic E-state index is 0.349. The second-order valence-corrected chi connectivity index (χ2v) is 5.52. The van der Waals surface area contributed by atoms with Gasteiger partial charge in [0.15, 0.2) is 0 Å². The molecule has 0 fully saturated rings. The Morgan fingerprint density at radius 3 is 2.14 bits per heavy atom. The highest BCUT2D eigenvalue weighted by atomic mass is 16.5. The van der Waals surface area contributed by atoms with Gasteiger partial charge in [0.25, 0.3) is 0 Å². The zero-order valence-corrected chi connectivity index (χ0v) is 10.7. The summed E-state index contributed by atoms with van der Waals surface area (Å²) in [5.41, 5.74) is 0.376. The van der Waals surface area contributed by atoms with Crippen LogP contribution >= 0.6 is 0 Å². The smallest absolute Gasteiger partial charge is 0.0722 e. The fourth-order valence-corrected chi connectivity index (χ4v) is 1.20. The number of nitrogens with one attached hydrogen (secondary N) is 1. The van der Waals surface area contributed by atoms with Gasteiger partial charge in [-0.3, -0.25) is 0 Å². The quantitative estimate of drug-likeness (QED) is 0.713. The van der Waals surface area contributed by atoms with Crippen molar-refractivity contribution in [2.24, 2.45) is 11.3 Å². The number of rotatable bonds is 6. The van der Waals surface area contributed by atoms with Crippen LogP contribution in [0.4, 0.5) is 0 Å². The van der Waals surface area contributed by atoms with E-state index >= 15 is 0 Å². The zero-order valence-electron chi connectivity index (χ0n) is 10.7. The van der Waals surface area contributed by atoms with E-state index in [2.05, 4.69) is 39.9 Å². The van der Waals surface area contributed by atoms with E-state index in [0.29, 0.717) is 17.4 Å². The lowest BCUT2D eigenvalue weighted by atomic mass is 9.93. The van der Waals surface area contributed by atoms with Crippen LogP contribution in [-0.2, 0) is 4.74 Å². The van der Waals surface area contributed by atoms with Crippen molar-refractivity contribution in [1.82, 2.24) is 5.32 Å². The lowest BCUT2D eigenvalue weighted by Crippen LogP contribution is -2.32. The summed E-state index contributed by atoms with van der Waals surface area (Å²) in [6.07, 6.45) is 1.47. The van der Waals surface area contributed by atoms with Gasteiger partial charge in [-0.25, -0.2) is 0 Å². The van der Waals surface area contributed by atoms with E-state index in [4.69, 9.17) is 4.74 Å². The van der Waals surface area contributed by atoms with Gasteiger partial charge in [-0.1, -0.05) is 34.6 Å². The normalized spacial score (nSPS) is 14.8. The summed E-state index contributed by atoms with van der Waals surface area (Å²) in [5.74, 6) is 0.586. The standard InChI is InChI=1S/C12H27NO/c1-10(2)11(9-13-6)14-8-7-12(3,4)5/h10-11,13H,7-9H2,1-6H3. The number of likely N-dealkylation sites (N-methyl/N-ethyl adjacent to an activating group) is 1. The molecule has 0 saturated carbocycles. The molecule has 0 aromatic heterocycles. The molecule has 0 bridgehead atoms. The molecule has 0 saturated heterocycles. The minimum Gasteiger partial charge on any atom is -0.377 e. The van der Waals surface area contributed by atoms with Crippen LogP contribution in [0.1, 0.15) is 41.0 Å². The highest BCUT2D eigenvalue weighted by molar-refractivity contribution is 4.66. The first-order valence-electron chi connectivity index (χ1n) is 5.63. The second kappa shape index (κ2) is 6.41. The third kappa shape index (κ3) is 7.34. The predicted molar refractivity (Wildman–Crippen MR) is 62.6 cm³/mol. The van der Waals surface area contributed by atoms with E-state index in [0.717, 1.165) is 19.6 Å². The van der Waals surface area contributed by atoms with Crippen molar-refractivity contribution < 1.29 is 4.74 Å². The van der Waals surface area contributed by atoms with Crippen LogP contribution in [0.25, 0.3) is 0 Å². The first-order valence-corrected chi connectivity index (χ1v) is 5.63. The Morgan fingerprint density at radius 1 is 1.21 bits per heavy atom. The molecule has 0 aromatic rings. The average molecular weight is 201 g/mol. The summed E-state index contributed by atoms with van der Waals surface area (Å²) >= 11 is 0. The number of hydrogen-bond acceptors (Lipinski definition) is 2. The zero-order chi connectivity index (χ0) is 11.2. The summed E-state index contributed by atoms with van der Waals surface area (Å²) < 4.78 is 5.86. The lowest BCUT2D eigenvalue weighted by molar-refractivity contribution is 0.0118. The fraction of sp³-hybridized carbons (Fsp3) is 1.00. The first kappa shape index (κ1) is 13.9. The predicted octanol–water partition coefficient (Wildman–Crippen LogP) is 2.68. The van der Waals surface area contributed by atoms with E-state index < -0.39 is 0 Å². The molecule has 1 atom stereocenters. The average Bonchev–Trinajstić information content (AvgIpc) is 2.00. The molecule has 86 valence electrons. The lowest BCUT2D eigenvalue weighted by Gasteiger charge is -2.24. The molecular weight excluding hydrogens is 174 g/mol. The Hall–Kier alpha value is -0.0800. The van der Waals surface area contributed by atoms with Crippen LogP contribution < -0.4 is 5.32 Å². The van der Waals surface area contributed by atoms with E-state index in [1.807, 2.05) is 7.05 Å². The van der Waals surface area contributed by atoms with E-state index in [9.17, 15) is 0 Å². The largest absolute Gasteiger partial charge is 0.377 e. The monoisotopic (exact) mass is 201 g/mol. The Bertz CT molecular complexity index is 138. The molecule has 0 aliphatic rings. The molecule has 0 aliphatic carbocycles. The van der Waals surface area contributed by atoms with Crippen LogP contribution in [0.3, 0.4) is 0 Å². The molecule has 2 nitrogen and oxygen atoms in total. The van der Waals surface area contributed by atoms with Crippen molar-refractivity contribution in [3.05, 3.63) is 0 Å². The van der Waals surface area contributed by atoms with Gasteiger partial charge >= 0.3 is 0 Å². The van der Waals surface area contributed by atoms with Gasteiger partial charge in [0.2, 0.25) is 0 Å². The van der Waals surface area contributed by atoms with Crippen molar-refractivity contribution >= 4 is 0 Å². The Labute approximate surface area is 89.4 Å². The molecule has 0 heterocycles. The number of ether oxygens (including phenoxy) is 1. The van der Waals surface area contributed by atoms with Crippen LogP contribution in [-0.4, -0.2) is 26.3 Å². The third-order valence-corrected chi connectivity index (χ3v) is 2.33. The van der Waals surface area contributed by atoms with Gasteiger partial charge in [0.05, 0.1) is 6.10 Å². The van der Waals surface area contributed by atoms with E-state index in [1.54, 1.807) is 0 Å². The van der Waals surface area contributed by atoms with Crippen molar-refractivity contribution in [3.8, 4) is 0 Å². The molecule has 2 heteroatoms. The molecular formula is C12H27NO. The second-order valence-electron chi connectivity index (χ2n) is 5.52. The van der Waals surface area contributed by atoms with Gasteiger partial charge in [-0.2, -0.15) is 0 Å². The summed E-state index contributed by atoms with van der Waals surface area (Å²) in [7, 11) is 1.97. The SMILES string of the molecule is CNCC(OCCC(C)(C)C)C(C)C. The van der Waals surface area contributed by atoms with Crippen molar-refractivity contribution in [2.75, 3.05) is 20.2 Å². The van der Waals surface area contributed by atoms with Crippen LogP contribution in [0.15, 0.2) is 0 Å². The van der Waals surface area contributed by atoms with Crippen molar-refractivity contribution in [2.45, 2.75) is 47.1 Å². The molecule has 0 rings (SSSR count). The first-order chi connectivity index (χ1) is 6.37. The van der Waals surface area contributed by atoms with Gasteiger partial charge in [0, 0.05) is 13.2 Å². The van der Waals surface area contributed by atoms with Gasteiger partial charge < -0.3 is 10.1 Å². The summed E-state index contributed by atoms with van der Waals surface area (Å²) in [6, 6.07) is 0. The maximum atomic E-state index is 5.86.